The van der Waals surface area contributed by atoms with Gasteiger partial charge in [-0.2, -0.15) is 0 Å². The van der Waals surface area contributed by atoms with Crippen molar-refractivity contribution < 1.29 is 4.79 Å². The summed E-state index contributed by atoms with van der Waals surface area (Å²) in [5, 5.41) is 12.4. The number of carbonyl (C=O) groups excluding carboxylic acids is 1. The van der Waals surface area contributed by atoms with E-state index in [-0.39, 0.29) is 17.9 Å². The van der Waals surface area contributed by atoms with Crippen LogP contribution in [0.2, 0.25) is 0 Å². The van der Waals surface area contributed by atoms with E-state index in [4.69, 9.17) is 0 Å². The van der Waals surface area contributed by atoms with E-state index in [0.29, 0.717) is 24.0 Å². The Morgan fingerprint density at radius 1 is 1.06 bits per heavy atom. The first-order chi connectivity index (χ1) is 16.4. The van der Waals surface area contributed by atoms with Gasteiger partial charge in [0.1, 0.15) is 11.6 Å². The number of hydrogen-bond acceptors (Lipinski definition) is 5. The van der Waals surface area contributed by atoms with Crippen molar-refractivity contribution in [1.29, 1.82) is 0 Å². The van der Waals surface area contributed by atoms with E-state index < -0.39 is 0 Å². The molecule has 7 heteroatoms. The Morgan fingerprint density at radius 2 is 1.76 bits per heavy atom. The molecule has 5 rings (SSSR count). The van der Waals surface area contributed by atoms with E-state index in [9.17, 15) is 4.79 Å². The van der Waals surface area contributed by atoms with Gasteiger partial charge in [0.05, 0.1) is 6.04 Å². The van der Waals surface area contributed by atoms with Crippen LogP contribution in [0.25, 0.3) is 0 Å². The summed E-state index contributed by atoms with van der Waals surface area (Å²) in [6.45, 7) is 9.76. The van der Waals surface area contributed by atoms with Crippen molar-refractivity contribution in [2.75, 3.05) is 6.54 Å². The minimum Gasteiger partial charge on any atom is -0.348 e. The maximum atomic E-state index is 13.0. The van der Waals surface area contributed by atoms with E-state index in [1.807, 2.05) is 11.3 Å². The van der Waals surface area contributed by atoms with Crippen molar-refractivity contribution in [1.82, 2.24) is 25.0 Å². The lowest BCUT2D eigenvalue weighted by molar-refractivity contribution is -0.125. The Hall–Kier alpha value is -1.73. The number of thiophene rings is 1. The topological polar surface area (TPSA) is 63.1 Å². The number of fused-ring (bicyclic) bond motifs is 2. The van der Waals surface area contributed by atoms with Gasteiger partial charge in [0.15, 0.2) is 0 Å². The van der Waals surface area contributed by atoms with E-state index in [1.54, 1.807) is 0 Å². The van der Waals surface area contributed by atoms with Crippen LogP contribution in [-0.4, -0.2) is 44.2 Å². The Kier molecular flexibility index (Phi) is 7.12. The van der Waals surface area contributed by atoms with Gasteiger partial charge in [0.25, 0.3) is 0 Å². The molecule has 2 bridgehead atoms. The largest absolute Gasteiger partial charge is 0.348 e. The van der Waals surface area contributed by atoms with Gasteiger partial charge < -0.3 is 9.88 Å². The van der Waals surface area contributed by atoms with Crippen molar-refractivity contribution in [3.8, 4) is 0 Å². The molecule has 2 aromatic rings. The number of nitrogens with zero attached hydrogens (tertiary/aromatic N) is 4. The highest BCUT2D eigenvalue weighted by atomic mass is 32.1. The SMILES string of the molecule is Cc1ccc([C@H](CCN2[C@@H]3CC[C@H]2CC(n2c(C)nnc2C(C)C)C3)NC(=O)C2CCCC2)s1. The molecule has 1 unspecified atom stereocenters. The molecule has 6 nitrogen and oxygen atoms in total. The zero-order chi connectivity index (χ0) is 23.8. The molecule has 3 aliphatic rings. The van der Waals surface area contributed by atoms with Crippen LogP contribution in [0.3, 0.4) is 0 Å². The first kappa shape index (κ1) is 24.0. The molecule has 186 valence electrons. The average molecular weight is 484 g/mol. The molecule has 0 aromatic carbocycles. The van der Waals surface area contributed by atoms with Crippen LogP contribution < -0.4 is 5.32 Å². The van der Waals surface area contributed by atoms with Gasteiger partial charge in [0.2, 0.25) is 5.91 Å². The summed E-state index contributed by atoms with van der Waals surface area (Å²) in [6, 6.07) is 6.32. The molecule has 1 amide bonds. The number of piperidine rings is 1. The summed E-state index contributed by atoms with van der Waals surface area (Å²) >= 11 is 1.84. The zero-order valence-corrected chi connectivity index (χ0v) is 22.1. The molecule has 0 spiro atoms. The second kappa shape index (κ2) is 10.1. The molecule has 2 aliphatic heterocycles. The van der Waals surface area contributed by atoms with E-state index in [1.165, 1.54) is 48.3 Å². The monoisotopic (exact) mass is 483 g/mol. The summed E-state index contributed by atoms with van der Waals surface area (Å²) in [6.07, 6.45) is 10.5. The number of rotatable bonds is 8. The van der Waals surface area contributed by atoms with Crippen LogP contribution >= 0.6 is 11.3 Å². The fourth-order valence-corrected chi connectivity index (χ4v) is 7.70. The molecule has 3 fully saturated rings. The fourth-order valence-electron chi connectivity index (χ4n) is 6.73. The molecule has 1 N–H and O–H groups in total. The van der Waals surface area contributed by atoms with E-state index in [2.05, 4.69) is 64.8 Å². The smallest absolute Gasteiger partial charge is 0.223 e. The van der Waals surface area contributed by atoms with Gasteiger partial charge in [-0.15, -0.1) is 21.5 Å². The summed E-state index contributed by atoms with van der Waals surface area (Å²) in [7, 11) is 0. The third-order valence-electron chi connectivity index (χ3n) is 8.46. The van der Waals surface area contributed by atoms with Crippen molar-refractivity contribution in [2.24, 2.45) is 5.92 Å². The Labute approximate surface area is 208 Å². The lowest BCUT2D eigenvalue weighted by Crippen LogP contribution is -2.45. The first-order valence-corrected chi connectivity index (χ1v) is 14.3. The predicted octanol–water partition coefficient (Wildman–Crippen LogP) is 5.69. The van der Waals surface area contributed by atoms with Crippen LogP contribution in [0.15, 0.2) is 12.1 Å². The fraction of sp³-hybridized carbons (Fsp3) is 0.741. The van der Waals surface area contributed by atoms with Crippen molar-refractivity contribution in [3.63, 3.8) is 0 Å². The molecule has 0 radical (unpaired) electrons. The standard InChI is InChI=1S/C27H41N5OS/c1-17(2)26-30-29-19(4)32(26)23-15-21-10-11-22(16-23)31(21)14-13-24(25-12-9-18(3)34-25)28-27(33)20-7-5-6-8-20/h9,12,17,20-24H,5-8,10-11,13-16H2,1-4H3,(H,28,33)/t21-,22+,23?,24-/m0/s1. The van der Waals surface area contributed by atoms with Crippen LogP contribution in [0, 0.1) is 19.8 Å². The molecular weight excluding hydrogens is 442 g/mol. The molecule has 1 saturated carbocycles. The third-order valence-corrected chi connectivity index (χ3v) is 9.57. The normalized spacial score (nSPS) is 26.4. The van der Waals surface area contributed by atoms with Crippen LogP contribution in [0.4, 0.5) is 0 Å². The number of hydrogen-bond donors (Lipinski definition) is 1. The number of aryl methyl sites for hydroxylation is 2. The lowest BCUT2D eigenvalue weighted by Gasteiger charge is -2.40. The Morgan fingerprint density at radius 3 is 2.38 bits per heavy atom. The highest BCUT2D eigenvalue weighted by Crippen LogP contribution is 2.42. The first-order valence-electron chi connectivity index (χ1n) is 13.4. The third kappa shape index (κ3) is 4.83. The molecule has 1 aliphatic carbocycles. The van der Waals surface area contributed by atoms with Gasteiger partial charge in [0, 0.05) is 46.3 Å². The van der Waals surface area contributed by atoms with Gasteiger partial charge >= 0.3 is 0 Å². The van der Waals surface area contributed by atoms with E-state index >= 15 is 0 Å². The molecule has 2 aromatic heterocycles. The van der Waals surface area contributed by atoms with E-state index in [0.717, 1.165) is 37.5 Å². The minimum absolute atomic E-state index is 0.136. The molecule has 2 saturated heterocycles. The molecular formula is C27H41N5OS. The second-order valence-electron chi connectivity index (χ2n) is 11.2. The molecule has 34 heavy (non-hydrogen) atoms. The number of amides is 1. The van der Waals surface area contributed by atoms with Crippen LogP contribution in [0.1, 0.15) is 111 Å². The van der Waals surface area contributed by atoms with Crippen molar-refractivity contribution >= 4 is 17.2 Å². The molecule has 4 atom stereocenters. The Balaban J connectivity index is 1.26. The number of aromatic nitrogens is 3. The maximum absolute atomic E-state index is 13.0. The van der Waals surface area contributed by atoms with Gasteiger partial charge in [-0.1, -0.05) is 26.7 Å². The highest BCUT2D eigenvalue weighted by Gasteiger charge is 2.42. The van der Waals surface area contributed by atoms with Gasteiger partial charge in [-0.3, -0.25) is 9.69 Å². The Bertz CT molecular complexity index is 977. The van der Waals surface area contributed by atoms with Crippen LogP contribution in [-0.2, 0) is 4.79 Å². The highest BCUT2D eigenvalue weighted by molar-refractivity contribution is 7.12. The average Bonchev–Trinajstić information content (AvgIpc) is 3.59. The quantitative estimate of drug-likeness (QED) is 0.524. The predicted molar refractivity (Wildman–Crippen MR) is 137 cm³/mol. The lowest BCUT2D eigenvalue weighted by atomic mass is 9.95. The summed E-state index contributed by atoms with van der Waals surface area (Å²) in [5.41, 5.74) is 0. The molecule has 4 heterocycles. The summed E-state index contributed by atoms with van der Waals surface area (Å²) in [5.74, 6) is 3.09. The van der Waals surface area contributed by atoms with Gasteiger partial charge in [-0.25, -0.2) is 0 Å². The van der Waals surface area contributed by atoms with Gasteiger partial charge in [-0.05, 0) is 70.9 Å². The van der Waals surface area contributed by atoms with Crippen molar-refractivity contribution in [2.45, 2.75) is 116 Å². The summed E-state index contributed by atoms with van der Waals surface area (Å²) < 4.78 is 2.44. The number of carbonyl (C=O) groups is 1. The second-order valence-corrected chi connectivity index (χ2v) is 12.5. The summed E-state index contributed by atoms with van der Waals surface area (Å²) in [4.78, 5) is 18.4. The van der Waals surface area contributed by atoms with Crippen molar-refractivity contribution in [3.05, 3.63) is 33.5 Å². The number of nitrogens with one attached hydrogen (secondary N) is 1. The van der Waals surface area contributed by atoms with Crippen LogP contribution in [0.5, 0.6) is 0 Å². The zero-order valence-electron chi connectivity index (χ0n) is 21.3. The maximum Gasteiger partial charge on any atom is 0.223 e. The minimum atomic E-state index is 0.136.